The highest BCUT2D eigenvalue weighted by Crippen LogP contribution is 2.26. The van der Waals surface area contributed by atoms with Gasteiger partial charge in [-0.05, 0) is 30.7 Å². The van der Waals surface area contributed by atoms with Gasteiger partial charge in [0, 0.05) is 29.5 Å². The van der Waals surface area contributed by atoms with E-state index in [9.17, 15) is 18.8 Å². The third kappa shape index (κ3) is 3.83. The van der Waals surface area contributed by atoms with Gasteiger partial charge in [-0.15, -0.1) is 0 Å². The summed E-state index contributed by atoms with van der Waals surface area (Å²) in [7, 11) is 0. The average Bonchev–Trinajstić information content (AvgIpc) is 2.85. The smallest absolute Gasteiger partial charge is 0.261 e. The molecule has 5 nitrogen and oxygen atoms in total. The number of nitrogens with zero attached hydrogens (tertiary/aromatic N) is 1. The molecule has 1 N–H and O–H groups in total. The second-order valence-electron chi connectivity index (χ2n) is 5.92. The van der Waals surface area contributed by atoms with Gasteiger partial charge in [0.05, 0.1) is 11.1 Å². The Labute approximate surface area is 158 Å². The molecule has 0 saturated carbocycles. The molecule has 134 valence electrons. The largest absolute Gasteiger partial charge is 0.352 e. The van der Waals surface area contributed by atoms with E-state index in [4.69, 9.17) is 0 Å². The van der Waals surface area contributed by atoms with Crippen molar-refractivity contribution in [1.82, 2.24) is 10.2 Å². The van der Waals surface area contributed by atoms with E-state index in [0.29, 0.717) is 23.1 Å². The molecule has 0 unspecified atom stereocenters. The SMILES string of the molecule is O=C(CCCN1C(=O)c2ccc(Br)cc2C1=O)NCc1ccccc1F. The number of carbonyl (C=O) groups excluding carboxylic acids is 3. The second kappa shape index (κ2) is 7.78. The Morgan fingerprint density at radius 3 is 2.58 bits per heavy atom. The van der Waals surface area contributed by atoms with Crippen LogP contribution in [0.4, 0.5) is 4.39 Å². The van der Waals surface area contributed by atoms with E-state index in [1.54, 1.807) is 36.4 Å². The third-order valence-electron chi connectivity index (χ3n) is 4.15. The highest BCUT2D eigenvalue weighted by molar-refractivity contribution is 9.10. The molecule has 0 aliphatic carbocycles. The standard InChI is InChI=1S/C19H16BrFN2O3/c20-13-7-8-14-15(10-13)19(26)23(18(14)25)9-3-6-17(24)22-11-12-4-1-2-5-16(12)21/h1-2,4-5,7-8,10H,3,6,9,11H2,(H,22,24). The number of fused-ring (bicyclic) bond motifs is 1. The number of imide groups is 1. The van der Waals surface area contributed by atoms with Gasteiger partial charge in [-0.2, -0.15) is 0 Å². The fraction of sp³-hybridized carbons (Fsp3) is 0.211. The normalized spacial score (nSPS) is 13.1. The molecule has 1 aliphatic rings. The number of hydrogen-bond acceptors (Lipinski definition) is 3. The van der Waals surface area contributed by atoms with Crippen LogP contribution < -0.4 is 5.32 Å². The number of carbonyl (C=O) groups is 3. The minimum absolute atomic E-state index is 0.104. The van der Waals surface area contributed by atoms with Gasteiger partial charge in [0.15, 0.2) is 0 Å². The molecule has 7 heteroatoms. The second-order valence-corrected chi connectivity index (χ2v) is 6.84. The fourth-order valence-corrected chi connectivity index (χ4v) is 3.15. The summed E-state index contributed by atoms with van der Waals surface area (Å²) in [6, 6.07) is 11.2. The molecule has 0 saturated heterocycles. The Kier molecular flexibility index (Phi) is 5.46. The van der Waals surface area contributed by atoms with E-state index in [1.807, 2.05) is 0 Å². The van der Waals surface area contributed by atoms with Crippen LogP contribution in [0, 0.1) is 5.82 Å². The lowest BCUT2D eigenvalue weighted by atomic mass is 10.1. The number of nitrogens with one attached hydrogen (secondary N) is 1. The first-order valence-corrected chi connectivity index (χ1v) is 8.92. The highest BCUT2D eigenvalue weighted by atomic mass is 79.9. The third-order valence-corrected chi connectivity index (χ3v) is 4.65. The van der Waals surface area contributed by atoms with Gasteiger partial charge in [-0.3, -0.25) is 19.3 Å². The molecule has 1 heterocycles. The Morgan fingerprint density at radius 2 is 1.81 bits per heavy atom. The van der Waals surface area contributed by atoms with Gasteiger partial charge < -0.3 is 5.32 Å². The van der Waals surface area contributed by atoms with Crippen molar-refractivity contribution in [2.75, 3.05) is 6.54 Å². The molecule has 3 rings (SSSR count). The molecule has 0 fully saturated rings. The molecule has 0 aromatic heterocycles. The van der Waals surface area contributed by atoms with Crippen molar-refractivity contribution in [3.05, 3.63) is 69.4 Å². The lowest BCUT2D eigenvalue weighted by molar-refractivity contribution is -0.121. The molecule has 0 spiro atoms. The monoisotopic (exact) mass is 418 g/mol. The van der Waals surface area contributed by atoms with Crippen molar-refractivity contribution >= 4 is 33.7 Å². The molecule has 1 aliphatic heterocycles. The first-order valence-electron chi connectivity index (χ1n) is 8.13. The van der Waals surface area contributed by atoms with Crippen molar-refractivity contribution in [2.24, 2.45) is 0 Å². The molecule has 2 aromatic carbocycles. The number of benzene rings is 2. The molecular formula is C19H16BrFN2O3. The Bertz CT molecular complexity index is 885. The van der Waals surface area contributed by atoms with Crippen LogP contribution in [0.1, 0.15) is 39.1 Å². The number of rotatable bonds is 6. The van der Waals surface area contributed by atoms with Crippen LogP contribution in [-0.2, 0) is 11.3 Å². The molecule has 26 heavy (non-hydrogen) atoms. The van der Waals surface area contributed by atoms with E-state index in [2.05, 4.69) is 21.2 Å². The van der Waals surface area contributed by atoms with E-state index in [-0.39, 0.29) is 43.0 Å². The summed E-state index contributed by atoms with van der Waals surface area (Å²) >= 11 is 3.28. The van der Waals surface area contributed by atoms with E-state index in [0.717, 1.165) is 9.37 Å². The minimum Gasteiger partial charge on any atom is -0.352 e. The lowest BCUT2D eigenvalue weighted by Gasteiger charge is -2.13. The Hall–Kier alpha value is -2.54. The summed E-state index contributed by atoms with van der Waals surface area (Å²) in [4.78, 5) is 37.7. The number of halogens is 2. The first kappa shape index (κ1) is 18.3. The van der Waals surface area contributed by atoms with Crippen LogP contribution in [0.2, 0.25) is 0 Å². The van der Waals surface area contributed by atoms with Crippen LogP contribution in [0.15, 0.2) is 46.9 Å². The zero-order valence-electron chi connectivity index (χ0n) is 13.8. The topological polar surface area (TPSA) is 66.5 Å². The Morgan fingerprint density at radius 1 is 1.08 bits per heavy atom. The summed E-state index contributed by atoms with van der Waals surface area (Å²) in [5.41, 5.74) is 1.15. The van der Waals surface area contributed by atoms with Crippen LogP contribution in [0.5, 0.6) is 0 Å². The van der Waals surface area contributed by atoms with Crippen molar-refractivity contribution in [2.45, 2.75) is 19.4 Å². The lowest BCUT2D eigenvalue weighted by Crippen LogP contribution is -2.32. The van der Waals surface area contributed by atoms with Gasteiger partial charge in [0.1, 0.15) is 5.82 Å². The van der Waals surface area contributed by atoms with Gasteiger partial charge in [-0.25, -0.2) is 4.39 Å². The van der Waals surface area contributed by atoms with Crippen molar-refractivity contribution in [3.63, 3.8) is 0 Å². The van der Waals surface area contributed by atoms with Gasteiger partial charge >= 0.3 is 0 Å². The summed E-state index contributed by atoms with van der Waals surface area (Å²) in [6.07, 6.45) is 0.487. The maximum Gasteiger partial charge on any atom is 0.261 e. The quantitative estimate of drug-likeness (QED) is 0.731. The van der Waals surface area contributed by atoms with Gasteiger partial charge in [0.25, 0.3) is 11.8 Å². The maximum absolute atomic E-state index is 13.5. The van der Waals surface area contributed by atoms with E-state index in [1.165, 1.54) is 6.07 Å². The summed E-state index contributed by atoms with van der Waals surface area (Å²) in [5.74, 6) is -1.32. The average molecular weight is 419 g/mol. The van der Waals surface area contributed by atoms with Gasteiger partial charge in [0.2, 0.25) is 5.91 Å². The molecule has 0 radical (unpaired) electrons. The number of amides is 3. The predicted octanol–water partition coefficient (Wildman–Crippen LogP) is 3.28. The molecule has 0 atom stereocenters. The summed E-state index contributed by atoms with van der Waals surface area (Å²) < 4.78 is 14.2. The van der Waals surface area contributed by atoms with Crippen molar-refractivity contribution in [3.8, 4) is 0 Å². The van der Waals surface area contributed by atoms with Crippen molar-refractivity contribution < 1.29 is 18.8 Å². The molecule has 0 bridgehead atoms. The van der Waals surface area contributed by atoms with Crippen LogP contribution in [0.25, 0.3) is 0 Å². The van der Waals surface area contributed by atoms with Crippen LogP contribution >= 0.6 is 15.9 Å². The van der Waals surface area contributed by atoms with E-state index < -0.39 is 0 Å². The maximum atomic E-state index is 13.5. The summed E-state index contributed by atoms with van der Waals surface area (Å²) in [5, 5.41) is 2.64. The summed E-state index contributed by atoms with van der Waals surface area (Å²) in [6.45, 7) is 0.267. The highest BCUT2D eigenvalue weighted by Gasteiger charge is 2.35. The molecule has 2 aromatic rings. The predicted molar refractivity (Wildman–Crippen MR) is 97.0 cm³/mol. The molecule has 3 amide bonds. The van der Waals surface area contributed by atoms with E-state index >= 15 is 0 Å². The Balaban J connectivity index is 1.49. The van der Waals surface area contributed by atoms with Crippen LogP contribution in [-0.4, -0.2) is 29.2 Å². The van der Waals surface area contributed by atoms with Crippen molar-refractivity contribution in [1.29, 1.82) is 0 Å². The first-order chi connectivity index (χ1) is 12.5. The number of hydrogen-bond donors (Lipinski definition) is 1. The zero-order chi connectivity index (χ0) is 18.7. The van der Waals surface area contributed by atoms with Gasteiger partial charge in [-0.1, -0.05) is 34.1 Å². The zero-order valence-corrected chi connectivity index (χ0v) is 15.4. The van der Waals surface area contributed by atoms with Crippen LogP contribution in [0.3, 0.4) is 0 Å². The minimum atomic E-state index is -0.370. The molecular weight excluding hydrogens is 403 g/mol. The fourth-order valence-electron chi connectivity index (χ4n) is 2.79.